The Hall–Kier alpha value is -2.77. The molecule has 1 fully saturated rings. The van der Waals surface area contributed by atoms with Gasteiger partial charge in [-0.25, -0.2) is 9.78 Å². The van der Waals surface area contributed by atoms with E-state index in [4.69, 9.17) is 15.6 Å². The number of fused-ring (bicyclic) bond motifs is 2. The summed E-state index contributed by atoms with van der Waals surface area (Å²) in [5.41, 5.74) is 8.90. The van der Waals surface area contributed by atoms with Crippen LogP contribution in [0.4, 0.5) is 10.6 Å². The minimum absolute atomic E-state index is 0.00513. The number of likely N-dealkylation sites (tertiary alicyclic amines) is 1. The molecule has 2 aromatic rings. The number of carbonyl (C=O) groups excluding carboxylic acids is 1. The molecule has 28 heavy (non-hydrogen) atoms. The molecular weight excluding hydrogens is 356 g/mol. The highest BCUT2D eigenvalue weighted by atomic mass is 16.5. The van der Waals surface area contributed by atoms with Crippen LogP contribution in [0.1, 0.15) is 39.3 Å². The van der Waals surface area contributed by atoms with Crippen LogP contribution in [-0.2, 0) is 12.0 Å². The standard InChI is InChI=1S/C20H28N6O2/c1-4-22-19(27)25-7-5-20(12-25)6-8-26-17(20)10-15(24-26)14-9-16(28-13(2)3)18(21)23-11-14/h9-11,13H,4-8,12H2,1-3H3,(H2,21,23)(H,22,27)/t20-/m1/s1. The fourth-order valence-electron chi connectivity index (χ4n) is 4.27. The normalized spacial score (nSPS) is 20.8. The highest BCUT2D eigenvalue weighted by Gasteiger charge is 2.46. The van der Waals surface area contributed by atoms with Crippen molar-refractivity contribution >= 4 is 11.8 Å². The molecular formula is C20H28N6O2. The van der Waals surface area contributed by atoms with Crippen molar-refractivity contribution in [1.29, 1.82) is 0 Å². The van der Waals surface area contributed by atoms with E-state index in [1.54, 1.807) is 6.20 Å². The fourth-order valence-corrected chi connectivity index (χ4v) is 4.27. The van der Waals surface area contributed by atoms with E-state index in [1.807, 2.05) is 31.7 Å². The lowest BCUT2D eigenvalue weighted by Crippen LogP contribution is -2.40. The summed E-state index contributed by atoms with van der Waals surface area (Å²) in [6, 6.07) is 4.07. The largest absolute Gasteiger partial charge is 0.487 e. The first-order valence-corrected chi connectivity index (χ1v) is 9.95. The smallest absolute Gasteiger partial charge is 0.317 e. The fraction of sp³-hybridized carbons (Fsp3) is 0.550. The lowest BCUT2D eigenvalue weighted by Gasteiger charge is -2.23. The molecule has 1 saturated heterocycles. The number of pyridine rings is 1. The first-order chi connectivity index (χ1) is 13.4. The molecule has 2 amide bonds. The molecule has 0 aromatic carbocycles. The molecule has 2 aliphatic rings. The number of hydrogen-bond acceptors (Lipinski definition) is 5. The molecule has 3 N–H and O–H groups in total. The van der Waals surface area contributed by atoms with Crippen LogP contribution < -0.4 is 15.8 Å². The van der Waals surface area contributed by atoms with Gasteiger partial charge in [0.1, 0.15) is 0 Å². The molecule has 0 saturated carbocycles. The Morgan fingerprint density at radius 3 is 2.89 bits per heavy atom. The van der Waals surface area contributed by atoms with E-state index < -0.39 is 0 Å². The second kappa shape index (κ2) is 7.00. The number of ether oxygens (including phenoxy) is 1. The van der Waals surface area contributed by atoms with Gasteiger partial charge in [0.05, 0.1) is 11.8 Å². The van der Waals surface area contributed by atoms with E-state index in [2.05, 4.69) is 21.0 Å². The van der Waals surface area contributed by atoms with Crippen molar-refractivity contribution in [2.45, 2.75) is 51.7 Å². The second-order valence-electron chi connectivity index (χ2n) is 7.95. The zero-order valence-electron chi connectivity index (χ0n) is 16.7. The maximum Gasteiger partial charge on any atom is 0.317 e. The SMILES string of the molecule is CCNC(=O)N1CC[C@@]2(CCn3nc(-c4cnc(N)c(OC(C)C)c4)cc32)C1. The number of aromatic nitrogens is 3. The van der Waals surface area contributed by atoms with Gasteiger partial charge in [0.2, 0.25) is 0 Å². The Morgan fingerprint density at radius 2 is 2.14 bits per heavy atom. The quantitative estimate of drug-likeness (QED) is 0.843. The number of carbonyl (C=O) groups is 1. The van der Waals surface area contributed by atoms with Crippen molar-refractivity contribution in [3.63, 3.8) is 0 Å². The van der Waals surface area contributed by atoms with Crippen molar-refractivity contribution in [3.8, 4) is 17.0 Å². The predicted molar refractivity (Wildman–Crippen MR) is 107 cm³/mol. The van der Waals surface area contributed by atoms with Crippen molar-refractivity contribution in [3.05, 3.63) is 24.0 Å². The van der Waals surface area contributed by atoms with E-state index in [9.17, 15) is 4.79 Å². The third kappa shape index (κ3) is 3.16. The summed E-state index contributed by atoms with van der Waals surface area (Å²) in [5.74, 6) is 0.965. The molecule has 150 valence electrons. The predicted octanol–water partition coefficient (Wildman–Crippen LogP) is 2.39. The van der Waals surface area contributed by atoms with E-state index in [0.717, 1.165) is 43.7 Å². The summed E-state index contributed by atoms with van der Waals surface area (Å²) in [7, 11) is 0. The molecule has 4 rings (SSSR count). The average molecular weight is 384 g/mol. The minimum Gasteiger partial charge on any atom is -0.487 e. The van der Waals surface area contributed by atoms with Crippen LogP contribution in [0.2, 0.25) is 0 Å². The van der Waals surface area contributed by atoms with Gasteiger partial charge in [-0.15, -0.1) is 0 Å². The minimum atomic E-state index is -0.00513. The van der Waals surface area contributed by atoms with Crippen LogP contribution in [0, 0.1) is 0 Å². The lowest BCUT2D eigenvalue weighted by atomic mass is 9.82. The summed E-state index contributed by atoms with van der Waals surface area (Å²) in [6.45, 7) is 8.90. The molecule has 8 nitrogen and oxygen atoms in total. The van der Waals surface area contributed by atoms with E-state index in [1.165, 1.54) is 5.69 Å². The van der Waals surface area contributed by atoms with E-state index in [0.29, 0.717) is 18.1 Å². The van der Waals surface area contributed by atoms with Gasteiger partial charge in [0.15, 0.2) is 11.6 Å². The van der Waals surface area contributed by atoms with Gasteiger partial charge in [-0.05, 0) is 45.7 Å². The highest BCUT2D eigenvalue weighted by Crippen LogP contribution is 2.44. The van der Waals surface area contributed by atoms with Crippen molar-refractivity contribution in [2.75, 3.05) is 25.4 Å². The molecule has 8 heteroatoms. The number of nitrogens with two attached hydrogens (primary N) is 1. The summed E-state index contributed by atoms with van der Waals surface area (Å²) in [5, 5.41) is 7.70. The Morgan fingerprint density at radius 1 is 1.36 bits per heavy atom. The van der Waals surface area contributed by atoms with Crippen molar-refractivity contribution in [1.82, 2.24) is 25.0 Å². The van der Waals surface area contributed by atoms with Crippen LogP contribution in [0.15, 0.2) is 18.3 Å². The maximum absolute atomic E-state index is 12.2. The van der Waals surface area contributed by atoms with Crippen molar-refractivity contribution in [2.24, 2.45) is 0 Å². The van der Waals surface area contributed by atoms with Gasteiger partial charge in [0.25, 0.3) is 0 Å². The number of amides is 2. The monoisotopic (exact) mass is 384 g/mol. The zero-order valence-corrected chi connectivity index (χ0v) is 16.7. The number of urea groups is 1. The first-order valence-electron chi connectivity index (χ1n) is 9.95. The Bertz CT molecular complexity index is 893. The summed E-state index contributed by atoms with van der Waals surface area (Å²) >= 11 is 0. The van der Waals surface area contributed by atoms with Crippen LogP contribution >= 0.6 is 0 Å². The average Bonchev–Trinajstić information content (AvgIpc) is 3.34. The number of rotatable bonds is 4. The van der Waals surface area contributed by atoms with Crippen LogP contribution in [0.3, 0.4) is 0 Å². The maximum atomic E-state index is 12.2. The molecule has 0 bridgehead atoms. The number of nitrogens with zero attached hydrogens (tertiary/aromatic N) is 4. The van der Waals surface area contributed by atoms with Gasteiger partial charge in [0, 0.05) is 49.0 Å². The molecule has 0 radical (unpaired) electrons. The Labute approximate surface area is 165 Å². The zero-order chi connectivity index (χ0) is 19.9. The molecule has 2 aromatic heterocycles. The summed E-state index contributed by atoms with van der Waals surface area (Å²) in [4.78, 5) is 18.4. The number of anilines is 1. The van der Waals surface area contributed by atoms with E-state index in [-0.39, 0.29) is 17.6 Å². The van der Waals surface area contributed by atoms with Gasteiger partial charge in [-0.2, -0.15) is 5.10 Å². The van der Waals surface area contributed by atoms with Gasteiger partial charge < -0.3 is 20.7 Å². The number of aryl methyl sites for hydroxylation is 1. The van der Waals surface area contributed by atoms with Gasteiger partial charge >= 0.3 is 6.03 Å². The summed E-state index contributed by atoms with van der Waals surface area (Å²) in [6.07, 6.45) is 3.75. The van der Waals surface area contributed by atoms with Crippen molar-refractivity contribution < 1.29 is 9.53 Å². The van der Waals surface area contributed by atoms with Crippen LogP contribution in [-0.4, -0.2) is 51.4 Å². The molecule has 2 aliphatic heterocycles. The van der Waals surface area contributed by atoms with Crippen LogP contribution in [0.5, 0.6) is 5.75 Å². The molecule has 0 unspecified atom stereocenters. The second-order valence-corrected chi connectivity index (χ2v) is 7.95. The molecule has 1 atom stereocenters. The summed E-state index contributed by atoms with van der Waals surface area (Å²) < 4.78 is 7.85. The third-order valence-corrected chi connectivity index (χ3v) is 5.63. The topological polar surface area (TPSA) is 98.3 Å². The lowest BCUT2D eigenvalue weighted by molar-refractivity contribution is 0.206. The Kier molecular flexibility index (Phi) is 4.64. The van der Waals surface area contributed by atoms with Crippen LogP contribution in [0.25, 0.3) is 11.3 Å². The van der Waals surface area contributed by atoms with Gasteiger partial charge in [-0.3, -0.25) is 4.68 Å². The van der Waals surface area contributed by atoms with Gasteiger partial charge in [-0.1, -0.05) is 0 Å². The number of nitrogens with one attached hydrogen (secondary N) is 1. The Balaban J connectivity index is 1.60. The first kappa shape index (κ1) is 18.6. The number of nitrogen functional groups attached to an aromatic ring is 1. The number of hydrogen-bond donors (Lipinski definition) is 2. The molecule has 1 spiro atoms. The van der Waals surface area contributed by atoms with E-state index >= 15 is 0 Å². The molecule has 0 aliphatic carbocycles. The molecule has 4 heterocycles. The highest BCUT2D eigenvalue weighted by molar-refractivity contribution is 5.75. The third-order valence-electron chi connectivity index (χ3n) is 5.63.